The van der Waals surface area contributed by atoms with Crippen molar-refractivity contribution < 1.29 is 14.0 Å². The molecular weight excluding hydrogens is 328 g/mol. The van der Waals surface area contributed by atoms with Crippen LogP contribution in [0.4, 0.5) is 0 Å². The fraction of sp³-hybridized carbons (Fsp3) is 0.952. The molecule has 0 aromatic rings. The van der Waals surface area contributed by atoms with Crippen LogP contribution in [0.15, 0.2) is 0 Å². The number of methoxy groups -OCH3 is 1. The first-order valence-corrected chi connectivity index (χ1v) is 14.0. The predicted molar refractivity (Wildman–Crippen MR) is 110 cm³/mol. The van der Waals surface area contributed by atoms with E-state index in [1.807, 2.05) is 0 Å². The maximum Gasteiger partial charge on any atom is 0.333 e. The smallest absolute Gasteiger partial charge is 0.333 e. The van der Waals surface area contributed by atoms with Crippen molar-refractivity contribution in [2.45, 2.75) is 117 Å². The van der Waals surface area contributed by atoms with E-state index in [4.69, 9.17) is 9.16 Å². The lowest BCUT2D eigenvalue weighted by Crippen LogP contribution is -2.37. The maximum absolute atomic E-state index is 11.9. The fourth-order valence-corrected chi connectivity index (χ4v) is 4.27. The summed E-state index contributed by atoms with van der Waals surface area (Å²) in [6.07, 6.45) is 15.0. The molecule has 2 atom stereocenters. The first-order valence-electron chi connectivity index (χ1n) is 10.6. The Balaban J connectivity index is 3.78. The molecule has 2 unspecified atom stereocenters. The van der Waals surface area contributed by atoms with Gasteiger partial charge in [-0.1, -0.05) is 84.5 Å². The van der Waals surface area contributed by atoms with Crippen LogP contribution in [0.5, 0.6) is 0 Å². The van der Waals surface area contributed by atoms with Gasteiger partial charge in [0, 0.05) is 0 Å². The Morgan fingerprint density at radius 1 is 0.840 bits per heavy atom. The van der Waals surface area contributed by atoms with Crippen molar-refractivity contribution >= 4 is 14.3 Å². The van der Waals surface area contributed by atoms with E-state index < -0.39 is 8.32 Å². The highest BCUT2D eigenvalue weighted by Gasteiger charge is 2.27. The molecule has 4 heteroatoms. The van der Waals surface area contributed by atoms with Gasteiger partial charge in [-0.05, 0) is 32.0 Å². The van der Waals surface area contributed by atoms with Crippen LogP contribution >= 0.6 is 0 Å². The van der Waals surface area contributed by atoms with Crippen LogP contribution in [-0.4, -0.2) is 27.5 Å². The summed E-state index contributed by atoms with van der Waals surface area (Å²) >= 11 is 0. The number of carbonyl (C=O) groups excluding carboxylic acids is 1. The van der Waals surface area contributed by atoms with Crippen molar-refractivity contribution in [1.29, 1.82) is 0 Å². The highest BCUT2D eigenvalue weighted by molar-refractivity contribution is 6.69. The van der Waals surface area contributed by atoms with Gasteiger partial charge in [-0.2, -0.15) is 0 Å². The number of ether oxygens (including phenoxy) is 1. The average Bonchev–Trinajstić information content (AvgIpc) is 2.54. The molecule has 0 saturated heterocycles. The number of rotatable bonds is 16. The van der Waals surface area contributed by atoms with Gasteiger partial charge in [-0.3, -0.25) is 0 Å². The molecule has 0 amide bonds. The molecule has 150 valence electrons. The summed E-state index contributed by atoms with van der Waals surface area (Å²) in [4.78, 5) is 11.9. The van der Waals surface area contributed by atoms with Crippen LogP contribution in [0.25, 0.3) is 0 Å². The van der Waals surface area contributed by atoms with Gasteiger partial charge in [-0.15, -0.1) is 0 Å². The molecule has 0 saturated carbocycles. The number of hydrogen-bond donors (Lipinski definition) is 0. The summed E-state index contributed by atoms with van der Waals surface area (Å²) < 4.78 is 10.9. The van der Waals surface area contributed by atoms with Gasteiger partial charge in [-0.25, -0.2) is 4.79 Å². The van der Waals surface area contributed by atoms with Gasteiger partial charge in [0.1, 0.15) is 6.10 Å². The summed E-state index contributed by atoms with van der Waals surface area (Å²) in [5, 5.41) is 0. The molecule has 0 bridgehead atoms. The van der Waals surface area contributed by atoms with Crippen molar-refractivity contribution in [1.82, 2.24) is 0 Å². The Hall–Kier alpha value is -0.353. The number of hydrogen-bond acceptors (Lipinski definition) is 3. The van der Waals surface area contributed by atoms with Crippen LogP contribution in [0.3, 0.4) is 0 Å². The largest absolute Gasteiger partial charge is 0.467 e. The number of esters is 1. The molecule has 0 spiro atoms. The summed E-state index contributed by atoms with van der Waals surface area (Å²) in [7, 11) is -0.268. The summed E-state index contributed by atoms with van der Waals surface area (Å²) in [5.41, 5.74) is 0. The summed E-state index contributed by atoms with van der Waals surface area (Å²) in [6, 6.07) is 0. The third-order valence-electron chi connectivity index (χ3n) is 4.67. The molecule has 0 heterocycles. The zero-order chi connectivity index (χ0) is 19.1. The van der Waals surface area contributed by atoms with Gasteiger partial charge in [0.05, 0.1) is 7.11 Å². The fourth-order valence-electron chi connectivity index (χ4n) is 3.21. The Kier molecular flexibility index (Phi) is 14.6. The maximum atomic E-state index is 11.9. The van der Waals surface area contributed by atoms with E-state index in [9.17, 15) is 4.79 Å². The van der Waals surface area contributed by atoms with Gasteiger partial charge >= 0.3 is 5.97 Å². The van der Waals surface area contributed by atoms with E-state index >= 15 is 0 Å². The standard InChI is InChI=1S/C21H44O3Si/c1-7-8-9-10-11-12-13-14-16-19(2)17-15-18-20(21(22)23-3)24-25(4,5)6/h19-20H,7-18H2,1-6H3. The summed E-state index contributed by atoms with van der Waals surface area (Å²) in [6.45, 7) is 11.0. The molecule has 0 aliphatic heterocycles. The second-order valence-corrected chi connectivity index (χ2v) is 13.0. The normalized spacial score (nSPS) is 14.3. The molecule has 0 aliphatic rings. The van der Waals surface area contributed by atoms with Gasteiger partial charge < -0.3 is 9.16 Å². The van der Waals surface area contributed by atoms with Crippen molar-refractivity contribution in [3.05, 3.63) is 0 Å². The van der Waals surface area contributed by atoms with Gasteiger partial charge in [0.15, 0.2) is 8.32 Å². The van der Waals surface area contributed by atoms with Crippen LogP contribution in [-0.2, 0) is 14.0 Å². The highest BCUT2D eigenvalue weighted by Crippen LogP contribution is 2.20. The molecule has 25 heavy (non-hydrogen) atoms. The molecule has 0 radical (unpaired) electrons. The number of unbranched alkanes of at least 4 members (excludes halogenated alkanes) is 7. The Morgan fingerprint density at radius 3 is 1.88 bits per heavy atom. The minimum atomic E-state index is -1.72. The third-order valence-corrected chi connectivity index (χ3v) is 5.67. The van der Waals surface area contributed by atoms with Crippen LogP contribution in [0.2, 0.25) is 19.6 Å². The second-order valence-electron chi connectivity index (χ2n) is 8.54. The molecule has 3 nitrogen and oxygen atoms in total. The van der Waals surface area contributed by atoms with Crippen molar-refractivity contribution in [2.75, 3.05) is 7.11 Å². The number of carbonyl (C=O) groups is 1. The Morgan fingerprint density at radius 2 is 1.36 bits per heavy atom. The lowest BCUT2D eigenvalue weighted by atomic mass is 9.96. The third kappa shape index (κ3) is 15.6. The van der Waals surface area contributed by atoms with E-state index in [1.165, 1.54) is 71.3 Å². The average molecular weight is 373 g/mol. The molecular formula is C21H44O3Si. The molecule has 0 rings (SSSR count). The molecule has 0 aliphatic carbocycles. The minimum Gasteiger partial charge on any atom is -0.467 e. The van der Waals surface area contributed by atoms with Crippen LogP contribution in [0, 0.1) is 5.92 Å². The quantitative estimate of drug-likeness (QED) is 0.171. The molecule has 0 fully saturated rings. The first-order chi connectivity index (χ1) is 11.8. The monoisotopic (exact) mass is 372 g/mol. The summed E-state index contributed by atoms with van der Waals surface area (Å²) in [5.74, 6) is 0.531. The van der Waals surface area contributed by atoms with E-state index in [2.05, 4.69) is 33.5 Å². The Labute approximate surface area is 158 Å². The van der Waals surface area contributed by atoms with E-state index in [-0.39, 0.29) is 12.1 Å². The van der Waals surface area contributed by atoms with Crippen LogP contribution < -0.4 is 0 Å². The van der Waals surface area contributed by atoms with E-state index in [0.29, 0.717) is 0 Å². The zero-order valence-corrected chi connectivity index (χ0v) is 18.9. The van der Waals surface area contributed by atoms with E-state index in [0.717, 1.165) is 18.8 Å². The second kappa shape index (κ2) is 14.8. The van der Waals surface area contributed by atoms with Crippen LogP contribution in [0.1, 0.15) is 90.9 Å². The van der Waals surface area contributed by atoms with Crippen molar-refractivity contribution in [2.24, 2.45) is 5.92 Å². The Bertz CT molecular complexity index is 326. The SMILES string of the molecule is CCCCCCCCCCC(C)CCCC(O[Si](C)(C)C)C(=O)OC. The lowest BCUT2D eigenvalue weighted by Gasteiger charge is -2.25. The molecule has 0 aromatic heterocycles. The van der Waals surface area contributed by atoms with E-state index in [1.54, 1.807) is 0 Å². The molecule has 0 N–H and O–H groups in total. The van der Waals surface area contributed by atoms with Crippen molar-refractivity contribution in [3.63, 3.8) is 0 Å². The van der Waals surface area contributed by atoms with Gasteiger partial charge in [0.2, 0.25) is 0 Å². The van der Waals surface area contributed by atoms with Gasteiger partial charge in [0.25, 0.3) is 0 Å². The first kappa shape index (κ1) is 24.6. The highest BCUT2D eigenvalue weighted by atomic mass is 28.4. The minimum absolute atomic E-state index is 0.210. The predicted octanol–water partition coefficient (Wildman–Crippen LogP) is 6.72. The zero-order valence-electron chi connectivity index (χ0n) is 17.9. The topological polar surface area (TPSA) is 35.5 Å². The lowest BCUT2D eigenvalue weighted by molar-refractivity contribution is -0.149. The van der Waals surface area contributed by atoms with Crippen molar-refractivity contribution in [3.8, 4) is 0 Å². The molecule has 0 aromatic carbocycles.